The largest absolute Gasteiger partial charge is 0.388 e. The number of aliphatic hydroxyl groups is 1. The van der Waals surface area contributed by atoms with E-state index in [9.17, 15) is 14.7 Å². The van der Waals surface area contributed by atoms with Crippen LogP contribution in [0.25, 0.3) is 0 Å². The molecule has 0 saturated carbocycles. The van der Waals surface area contributed by atoms with Gasteiger partial charge in [0.15, 0.2) is 0 Å². The third-order valence-corrected chi connectivity index (χ3v) is 5.66. The molecule has 0 aromatic heterocycles. The maximum Gasteiger partial charge on any atom is 0.331 e. The van der Waals surface area contributed by atoms with Crippen LogP contribution < -0.4 is 10.2 Å². The predicted molar refractivity (Wildman–Crippen MR) is 121 cm³/mol. The number of imide groups is 1. The monoisotopic (exact) mass is 428 g/mol. The number of ether oxygens (including phenoxy) is 1. The molecule has 2 aromatic rings. The molecule has 7 heteroatoms. The maximum atomic E-state index is 12.7. The first-order chi connectivity index (χ1) is 14.4. The molecule has 6 nitrogen and oxygen atoms in total. The summed E-state index contributed by atoms with van der Waals surface area (Å²) in [5, 5.41) is 11.3. The van der Waals surface area contributed by atoms with Gasteiger partial charge in [0.2, 0.25) is 0 Å². The van der Waals surface area contributed by atoms with Crippen LogP contribution in [0.3, 0.4) is 0 Å². The SMILES string of the molecule is CCCCC(O)c1ccc(N2C(=O)N(C)C(=O)C2COCc2cccc(P)c2)cc1. The van der Waals surface area contributed by atoms with Crippen molar-refractivity contribution in [3.8, 4) is 0 Å². The van der Waals surface area contributed by atoms with E-state index in [1.165, 1.54) is 11.9 Å². The van der Waals surface area contributed by atoms with Crippen molar-refractivity contribution in [1.82, 2.24) is 4.90 Å². The summed E-state index contributed by atoms with van der Waals surface area (Å²) in [4.78, 5) is 27.9. The van der Waals surface area contributed by atoms with Gasteiger partial charge in [-0.05, 0) is 41.1 Å². The van der Waals surface area contributed by atoms with Crippen LogP contribution in [0.15, 0.2) is 48.5 Å². The lowest BCUT2D eigenvalue weighted by Gasteiger charge is -2.22. The number of benzene rings is 2. The summed E-state index contributed by atoms with van der Waals surface area (Å²) in [6.45, 7) is 2.56. The van der Waals surface area contributed by atoms with E-state index in [4.69, 9.17) is 4.74 Å². The molecule has 1 N–H and O–H groups in total. The Morgan fingerprint density at radius 1 is 1.17 bits per heavy atom. The van der Waals surface area contributed by atoms with Crippen LogP contribution in [0, 0.1) is 0 Å². The van der Waals surface area contributed by atoms with E-state index < -0.39 is 12.1 Å². The van der Waals surface area contributed by atoms with Crippen LogP contribution in [0.5, 0.6) is 0 Å². The first kappa shape index (κ1) is 22.4. The molecule has 1 aliphatic heterocycles. The summed E-state index contributed by atoms with van der Waals surface area (Å²) < 4.78 is 5.79. The van der Waals surface area contributed by atoms with Crippen molar-refractivity contribution in [3.05, 3.63) is 59.7 Å². The molecule has 0 bridgehead atoms. The molecule has 0 radical (unpaired) electrons. The summed E-state index contributed by atoms with van der Waals surface area (Å²) in [7, 11) is 4.13. The number of aliphatic hydroxyl groups excluding tert-OH is 1. The van der Waals surface area contributed by atoms with Gasteiger partial charge in [-0.3, -0.25) is 14.6 Å². The third-order valence-electron chi connectivity index (χ3n) is 5.30. The van der Waals surface area contributed by atoms with Gasteiger partial charge in [0.1, 0.15) is 6.04 Å². The van der Waals surface area contributed by atoms with Gasteiger partial charge in [0.25, 0.3) is 5.91 Å². The predicted octanol–water partition coefficient (Wildman–Crippen LogP) is 3.39. The van der Waals surface area contributed by atoms with Crippen molar-refractivity contribution in [1.29, 1.82) is 0 Å². The molecule has 3 amide bonds. The maximum absolute atomic E-state index is 12.7. The molecule has 3 rings (SSSR count). The van der Waals surface area contributed by atoms with Gasteiger partial charge >= 0.3 is 6.03 Å². The second kappa shape index (κ2) is 10.2. The highest BCUT2D eigenvalue weighted by Crippen LogP contribution is 2.28. The summed E-state index contributed by atoms with van der Waals surface area (Å²) in [6, 6.07) is 14.0. The fourth-order valence-electron chi connectivity index (χ4n) is 3.55. The minimum Gasteiger partial charge on any atom is -0.388 e. The second-order valence-electron chi connectivity index (χ2n) is 7.58. The number of anilines is 1. The summed E-state index contributed by atoms with van der Waals surface area (Å²) in [5.41, 5.74) is 2.43. The molecule has 1 aliphatic rings. The first-order valence-electron chi connectivity index (χ1n) is 10.2. The topological polar surface area (TPSA) is 70.1 Å². The van der Waals surface area contributed by atoms with Crippen molar-refractivity contribution in [2.24, 2.45) is 0 Å². The van der Waals surface area contributed by atoms with Gasteiger partial charge < -0.3 is 9.84 Å². The lowest BCUT2D eigenvalue weighted by atomic mass is 10.0. The molecule has 1 fully saturated rings. The fraction of sp³-hybridized carbons (Fsp3) is 0.391. The molecule has 30 heavy (non-hydrogen) atoms. The van der Waals surface area contributed by atoms with Crippen molar-refractivity contribution in [2.75, 3.05) is 18.6 Å². The van der Waals surface area contributed by atoms with Crippen LogP contribution in [-0.2, 0) is 16.1 Å². The molecule has 1 saturated heterocycles. The highest BCUT2D eigenvalue weighted by Gasteiger charge is 2.44. The summed E-state index contributed by atoms with van der Waals surface area (Å²) in [5.74, 6) is -0.285. The van der Waals surface area contributed by atoms with E-state index in [2.05, 4.69) is 16.2 Å². The Hall–Kier alpha value is -2.27. The summed E-state index contributed by atoms with van der Waals surface area (Å²) >= 11 is 0. The average Bonchev–Trinajstić information content (AvgIpc) is 2.96. The summed E-state index contributed by atoms with van der Waals surface area (Å²) in [6.07, 6.45) is 2.15. The molecular formula is C23H29N2O4P. The van der Waals surface area contributed by atoms with Crippen LogP contribution in [0.2, 0.25) is 0 Å². The van der Waals surface area contributed by atoms with Crippen molar-refractivity contribution >= 4 is 32.2 Å². The molecule has 0 spiro atoms. The average molecular weight is 428 g/mol. The van der Waals surface area contributed by atoms with E-state index in [0.29, 0.717) is 18.7 Å². The van der Waals surface area contributed by atoms with Crippen LogP contribution >= 0.6 is 9.24 Å². The number of rotatable bonds is 9. The minimum absolute atomic E-state index is 0.108. The number of nitrogens with zero attached hydrogens (tertiary/aromatic N) is 2. The molecule has 1 heterocycles. The first-order valence-corrected chi connectivity index (χ1v) is 10.8. The van der Waals surface area contributed by atoms with E-state index >= 15 is 0 Å². The lowest BCUT2D eigenvalue weighted by molar-refractivity contribution is -0.127. The van der Waals surface area contributed by atoms with Crippen LogP contribution in [-0.4, -0.2) is 41.6 Å². The van der Waals surface area contributed by atoms with Gasteiger partial charge in [-0.15, -0.1) is 9.24 Å². The van der Waals surface area contributed by atoms with Crippen LogP contribution in [0.1, 0.15) is 43.4 Å². The van der Waals surface area contributed by atoms with E-state index in [-0.39, 0.29) is 18.5 Å². The Morgan fingerprint density at radius 3 is 2.57 bits per heavy atom. The van der Waals surface area contributed by atoms with Gasteiger partial charge in [-0.25, -0.2) is 4.79 Å². The molecule has 3 unspecified atom stereocenters. The van der Waals surface area contributed by atoms with Gasteiger partial charge in [-0.1, -0.05) is 50.1 Å². The fourth-order valence-corrected chi connectivity index (χ4v) is 3.88. The molecule has 3 atom stereocenters. The van der Waals surface area contributed by atoms with E-state index in [1.54, 1.807) is 12.1 Å². The quantitative estimate of drug-likeness (QED) is 0.491. The number of urea groups is 1. The number of unbranched alkanes of at least 4 members (excludes halogenated alkanes) is 1. The number of amides is 3. The Labute approximate surface area is 180 Å². The zero-order valence-electron chi connectivity index (χ0n) is 17.5. The van der Waals surface area contributed by atoms with E-state index in [0.717, 1.165) is 34.2 Å². The molecule has 0 aliphatic carbocycles. The number of hydrogen-bond acceptors (Lipinski definition) is 4. The van der Waals surface area contributed by atoms with Crippen molar-refractivity contribution in [2.45, 2.75) is 44.9 Å². The molecular weight excluding hydrogens is 399 g/mol. The Balaban J connectivity index is 1.71. The van der Waals surface area contributed by atoms with Gasteiger partial charge in [-0.2, -0.15) is 0 Å². The molecule has 160 valence electrons. The van der Waals surface area contributed by atoms with Crippen molar-refractivity contribution < 1.29 is 19.4 Å². The standard InChI is InChI=1S/C23H29N2O4P/c1-3-4-8-21(26)17-9-11-18(12-10-17)25-20(22(27)24(2)23(25)28)15-29-14-16-6-5-7-19(30)13-16/h5-7,9-13,20-21,26H,3-4,8,14-15,30H2,1-2H3. The van der Waals surface area contributed by atoms with Crippen LogP contribution in [0.4, 0.5) is 10.5 Å². The van der Waals surface area contributed by atoms with E-state index in [1.807, 2.05) is 36.4 Å². The number of carbonyl (C=O) groups excluding carboxylic acids is 2. The molecule has 2 aromatic carbocycles. The highest BCUT2D eigenvalue weighted by molar-refractivity contribution is 7.27. The number of likely N-dealkylation sites (N-methyl/N-ethyl adjacent to an activating group) is 1. The Morgan fingerprint density at radius 2 is 1.90 bits per heavy atom. The smallest absolute Gasteiger partial charge is 0.331 e. The zero-order chi connectivity index (χ0) is 21.7. The normalized spacial score (nSPS) is 17.7. The number of hydrogen-bond donors (Lipinski definition) is 1. The Kier molecular flexibility index (Phi) is 7.59. The number of carbonyl (C=O) groups is 2. The lowest BCUT2D eigenvalue weighted by Crippen LogP contribution is -2.38. The van der Waals surface area contributed by atoms with Gasteiger partial charge in [0.05, 0.1) is 19.3 Å². The Bertz CT molecular complexity index is 887. The van der Waals surface area contributed by atoms with Crippen molar-refractivity contribution in [3.63, 3.8) is 0 Å². The van der Waals surface area contributed by atoms with Gasteiger partial charge in [0, 0.05) is 12.7 Å². The minimum atomic E-state index is -0.711. The second-order valence-corrected chi connectivity index (χ2v) is 8.24. The zero-order valence-corrected chi connectivity index (χ0v) is 18.6. The highest BCUT2D eigenvalue weighted by atomic mass is 31.0. The third kappa shape index (κ3) is 5.07.